The van der Waals surface area contributed by atoms with Crippen LogP contribution in [0.1, 0.15) is 23.7 Å². The second-order valence-electron chi connectivity index (χ2n) is 5.92. The number of amides is 2. The zero-order valence-electron chi connectivity index (χ0n) is 13.7. The molecule has 2 amide bonds. The SMILES string of the molecule is CC(C(=O)N1CCCN(C(=O)c2ccccc2F)CC1)S(C)(=O)=O. The highest BCUT2D eigenvalue weighted by molar-refractivity contribution is 7.92. The van der Waals surface area contributed by atoms with Gasteiger partial charge in [0.2, 0.25) is 5.91 Å². The van der Waals surface area contributed by atoms with Gasteiger partial charge in [0.05, 0.1) is 5.56 Å². The van der Waals surface area contributed by atoms with Gasteiger partial charge in [-0.15, -0.1) is 0 Å². The van der Waals surface area contributed by atoms with E-state index in [1.54, 1.807) is 6.07 Å². The number of halogens is 1. The van der Waals surface area contributed by atoms with E-state index in [2.05, 4.69) is 0 Å². The Kier molecular flexibility index (Phi) is 5.58. The molecule has 0 aliphatic carbocycles. The molecular formula is C16H21FN2O4S. The number of carbonyl (C=O) groups is 2. The lowest BCUT2D eigenvalue weighted by Crippen LogP contribution is -2.43. The molecule has 0 spiro atoms. The van der Waals surface area contributed by atoms with E-state index < -0.39 is 32.7 Å². The molecule has 1 fully saturated rings. The number of benzene rings is 1. The summed E-state index contributed by atoms with van der Waals surface area (Å²) in [6.07, 6.45) is 1.55. The molecule has 24 heavy (non-hydrogen) atoms. The van der Waals surface area contributed by atoms with E-state index in [0.29, 0.717) is 19.5 Å². The molecule has 132 valence electrons. The summed E-state index contributed by atoms with van der Waals surface area (Å²) in [5.41, 5.74) is 0.00165. The molecule has 0 aromatic heterocycles. The third kappa shape index (κ3) is 4.11. The van der Waals surface area contributed by atoms with Gasteiger partial charge in [0.1, 0.15) is 11.1 Å². The molecule has 0 N–H and O–H groups in total. The maximum absolute atomic E-state index is 13.8. The van der Waals surface area contributed by atoms with Crippen molar-refractivity contribution in [2.45, 2.75) is 18.6 Å². The molecule has 1 saturated heterocycles. The first-order chi connectivity index (χ1) is 11.2. The molecule has 0 saturated carbocycles. The van der Waals surface area contributed by atoms with E-state index in [1.807, 2.05) is 0 Å². The molecule has 2 rings (SSSR count). The zero-order valence-corrected chi connectivity index (χ0v) is 14.6. The number of hydrogen-bond acceptors (Lipinski definition) is 4. The Hall–Kier alpha value is -1.96. The van der Waals surface area contributed by atoms with Crippen LogP contribution in [0.3, 0.4) is 0 Å². The normalized spacial score (nSPS) is 17.3. The summed E-state index contributed by atoms with van der Waals surface area (Å²) in [7, 11) is -3.46. The van der Waals surface area contributed by atoms with E-state index in [4.69, 9.17) is 0 Å². The summed E-state index contributed by atoms with van der Waals surface area (Å²) in [5.74, 6) is -1.46. The van der Waals surface area contributed by atoms with Gasteiger partial charge in [0.15, 0.2) is 9.84 Å². The highest BCUT2D eigenvalue weighted by atomic mass is 32.2. The fourth-order valence-electron chi connectivity index (χ4n) is 2.59. The first-order valence-electron chi connectivity index (χ1n) is 7.73. The van der Waals surface area contributed by atoms with Crippen molar-refractivity contribution >= 4 is 21.7 Å². The Balaban J connectivity index is 2.07. The summed E-state index contributed by atoms with van der Waals surface area (Å²) in [6, 6.07) is 5.77. The largest absolute Gasteiger partial charge is 0.340 e. The Bertz CT molecular complexity index is 735. The number of carbonyl (C=O) groups excluding carboxylic acids is 2. The zero-order chi connectivity index (χ0) is 17.9. The molecule has 1 aromatic carbocycles. The monoisotopic (exact) mass is 356 g/mol. The van der Waals surface area contributed by atoms with Gasteiger partial charge < -0.3 is 9.80 Å². The standard InChI is InChI=1S/C16H21FN2O4S/c1-12(24(2,22)23)15(20)18-8-5-9-19(11-10-18)16(21)13-6-3-4-7-14(13)17/h3-4,6-7,12H,5,8-11H2,1-2H3. The lowest BCUT2D eigenvalue weighted by atomic mass is 10.2. The maximum atomic E-state index is 13.8. The van der Waals surface area contributed by atoms with Gasteiger partial charge in [-0.05, 0) is 25.5 Å². The lowest BCUT2D eigenvalue weighted by Gasteiger charge is -2.24. The molecule has 0 bridgehead atoms. The van der Waals surface area contributed by atoms with Gasteiger partial charge in [-0.2, -0.15) is 0 Å². The highest BCUT2D eigenvalue weighted by Gasteiger charge is 2.30. The Morgan fingerprint density at radius 2 is 1.67 bits per heavy atom. The number of sulfone groups is 1. The number of rotatable bonds is 3. The topological polar surface area (TPSA) is 74.8 Å². The van der Waals surface area contributed by atoms with Crippen molar-refractivity contribution in [3.63, 3.8) is 0 Å². The van der Waals surface area contributed by atoms with Gasteiger partial charge >= 0.3 is 0 Å². The number of hydrogen-bond donors (Lipinski definition) is 0. The average Bonchev–Trinajstić information content (AvgIpc) is 2.78. The second-order valence-corrected chi connectivity index (χ2v) is 8.29. The van der Waals surface area contributed by atoms with Crippen LogP contribution in [0.5, 0.6) is 0 Å². The van der Waals surface area contributed by atoms with Crippen molar-refractivity contribution < 1.29 is 22.4 Å². The molecule has 0 radical (unpaired) electrons. The highest BCUT2D eigenvalue weighted by Crippen LogP contribution is 2.14. The maximum Gasteiger partial charge on any atom is 0.256 e. The van der Waals surface area contributed by atoms with Crippen LogP contribution in [0.25, 0.3) is 0 Å². The van der Waals surface area contributed by atoms with Crippen LogP contribution in [0, 0.1) is 5.82 Å². The third-order valence-electron chi connectivity index (χ3n) is 4.19. The molecule has 1 aliphatic heterocycles. The first kappa shape index (κ1) is 18.4. The minimum Gasteiger partial charge on any atom is -0.340 e. The van der Waals surface area contributed by atoms with Gasteiger partial charge in [0, 0.05) is 32.4 Å². The molecular weight excluding hydrogens is 335 g/mol. The van der Waals surface area contributed by atoms with E-state index in [0.717, 1.165) is 6.26 Å². The summed E-state index contributed by atoms with van der Waals surface area (Å²) in [4.78, 5) is 27.7. The van der Waals surface area contributed by atoms with Crippen LogP contribution >= 0.6 is 0 Å². The van der Waals surface area contributed by atoms with Crippen LogP contribution < -0.4 is 0 Å². The molecule has 1 aromatic rings. The minimum atomic E-state index is -3.46. The number of nitrogens with zero attached hydrogens (tertiary/aromatic N) is 2. The van der Waals surface area contributed by atoms with E-state index in [9.17, 15) is 22.4 Å². The van der Waals surface area contributed by atoms with E-state index in [-0.39, 0.29) is 18.7 Å². The van der Waals surface area contributed by atoms with Crippen LogP contribution in [0.4, 0.5) is 4.39 Å². The lowest BCUT2D eigenvalue weighted by molar-refractivity contribution is -0.130. The predicted molar refractivity (Wildman–Crippen MR) is 87.8 cm³/mol. The summed E-state index contributed by atoms with van der Waals surface area (Å²) >= 11 is 0. The van der Waals surface area contributed by atoms with Crippen LogP contribution in [0.15, 0.2) is 24.3 Å². The minimum absolute atomic E-state index is 0.00165. The average molecular weight is 356 g/mol. The van der Waals surface area contributed by atoms with Crippen LogP contribution in [0.2, 0.25) is 0 Å². The van der Waals surface area contributed by atoms with Crippen molar-refractivity contribution in [2.75, 3.05) is 32.4 Å². The fraction of sp³-hybridized carbons (Fsp3) is 0.500. The quantitative estimate of drug-likeness (QED) is 0.808. The molecule has 1 unspecified atom stereocenters. The third-order valence-corrected chi connectivity index (χ3v) is 5.68. The Morgan fingerprint density at radius 1 is 1.08 bits per heavy atom. The Labute approximate surface area is 141 Å². The molecule has 8 heteroatoms. The van der Waals surface area contributed by atoms with E-state index in [1.165, 1.54) is 34.9 Å². The smallest absolute Gasteiger partial charge is 0.256 e. The van der Waals surface area contributed by atoms with Gasteiger partial charge in [-0.25, -0.2) is 12.8 Å². The van der Waals surface area contributed by atoms with E-state index >= 15 is 0 Å². The molecule has 1 heterocycles. The summed E-state index contributed by atoms with van der Waals surface area (Å²) < 4.78 is 36.8. The van der Waals surface area contributed by atoms with Crippen LogP contribution in [-0.2, 0) is 14.6 Å². The first-order valence-corrected chi connectivity index (χ1v) is 9.68. The van der Waals surface area contributed by atoms with Gasteiger partial charge in [-0.1, -0.05) is 12.1 Å². The van der Waals surface area contributed by atoms with Crippen molar-refractivity contribution in [1.82, 2.24) is 9.80 Å². The fourth-order valence-corrected chi connectivity index (χ4v) is 3.10. The van der Waals surface area contributed by atoms with Gasteiger partial charge in [-0.3, -0.25) is 9.59 Å². The second kappa shape index (κ2) is 7.29. The predicted octanol–water partition coefficient (Wildman–Crippen LogP) is 0.933. The Morgan fingerprint density at radius 3 is 2.29 bits per heavy atom. The van der Waals surface area contributed by atoms with Crippen molar-refractivity contribution in [1.29, 1.82) is 0 Å². The summed E-state index contributed by atoms with van der Waals surface area (Å²) in [5, 5.41) is -1.11. The molecule has 1 atom stereocenters. The molecule has 1 aliphatic rings. The van der Waals surface area contributed by atoms with Gasteiger partial charge in [0.25, 0.3) is 5.91 Å². The van der Waals surface area contributed by atoms with Crippen molar-refractivity contribution in [2.24, 2.45) is 0 Å². The summed E-state index contributed by atoms with van der Waals surface area (Å²) in [6.45, 7) is 2.61. The van der Waals surface area contributed by atoms with Crippen molar-refractivity contribution in [3.05, 3.63) is 35.6 Å². The van der Waals surface area contributed by atoms with Crippen molar-refractivity contribution in [3.8, 4) is 0 Å². The molecule has 6 nitrogen and oxygen atoms in total. The van der Waals surface area contributed by atoms with Crippen LogP contribution in [-0.4, -0.2) is 67.7 Å².